The van der Waals surface area contributed by atoms with E-state index in [0.29, 0.717) is 49.0 Å². The molecule has 0 unspecified atom stereocenters. The minimum atomic E-state index is -4.54. The van der Waals surface area contributed by atoms with E-state index in [-0.39, 0.29) is 18.2 Å². The number of anilines is 1. The summed E-state index contributed by atoms with van der Waals surface area (Å²) >= 11 is 0. The van der Waals surface area contributed by atoms with Crippen molar-refractivity contribution in [2.24, 2.45) is 0 Å². The van der Waals surface area contributed by atoms with Gasteiger partial charge in [-0.1, -0.05) is 0 Å². The van der Waals surface area contributed by atoms with Crippen molar-refractivity contribution >= 4 is 5.82 Å². The van der Waals surface area contributed by atoms with Gasteiger partial charge in [0.2, 0.25) is 0 Å². The second-order valence-corrected chi connectivity index (χ2v) is 7.63. The van der Waals surface area contributed by atoms with Crippen LogP contribution in [0.5, 0.6) is 5.75 Å². The molecule has 2 heterocycles. The van der Waals surface area contributed by atoms with Crippen molar-refractivity contribution in [3.8, 4) is 17.0 Å². The number of aromatic nitrogens is 2. The van der Waals surface area contributed by atoms with Gasteiger partial charge in [0.1, 0.15) is 11.4 Å². The first-order valence-corrected chi connectivity index (χ1v) is 9.00. The Morgan fingerprint density at radius 2 is 1.96 bits per heavy atom. The van der Waals surface area contributed by atoms with Gasteiger partial charge in [-0.15, -0.1) is 10.2 Å². The van der Waals surface area contributed by atoms with Crippen LogP contribution in [0.4, 0.5) is 19.0 Å². The molecule has 28 heavy (non-hydrogen) atoms. The summed E-state index contributed by atoms with van der Waals surface area (Å²) in [6.07, 6.45) is -2.77. The first kappa shape index (κ1) is 18.9. The summed E-state index contributed by atoms with van der Waals surface area (Å²) < 4.78 is 44.1. The summed E-state index contributed by atoms with van der Waals surface area (Å²) in [6.45, 7) is 2.50. The number of benzene rings is 1. The van der Waals surface area contributed by atoms with Gasteiger partial charge < -0.3 is 20.3 Å². The van der Waals surface area contributed by atoms with Gasteiger partial charge in [-0.25, -0.2) is 0 Å². The number of ether oxygens (including phenoxy) is 1. The molecule has 0 bridgehead atoms. The molecule has 1 aromatic carbocycles. The van der Waals surface area contributed by atoms with Crippen LogP contribution in [0.3, 0.4) is 0 Å². The average Bonchev–Trinajstić information content (AvgIpc) is 2.60. The van der Waals surface area contributed by atoms with Gasteiger partial charge in [0.15, 0.2) is 5.82 Å². The Kier molecular flexibility index (Phi) is 4.46. The molecule has 1 aliphatic carbocycles. The smallest absolute Gasteiger partial charge is 0.416 e. The molecule has 0 spiro atoms. The summed E-state index contributed by atoms with van der Waals surface area (Å²) in [5.74, 6) is 0.0848. The molecule has 1 saturated carbocycles. The Labute approximate surface area is 159 Å². The second kappa shape index (κ2) is 6.59. The highest BCUT2D eigenvalue weighted by atomic mass is 19.4. The largest absolute Gasteiger partial charge is 0.507 e. The standard InChI is InChI=1S/C19H20F3N3O3/c1-18(27)7-11(8-18)23-17-12-4-5-28-9-14(12)16(24-25-17)13-3-2-10(6-15(13)26)19(20,21)22/h2-3,6,11,26-27H,4-5,7-9H2,1H3,(H,23,25)/t11-,18+. The van der Waals surface area contributed by atoms with Crippen molar-refractivity contribution in [1.29, 1.82) is 0 Å². The average molecular weight is 395 g/mol. The van der Waals surface area contributed by atoms with Crippen molar-refractivity contribution in [2.75, 3.05) is 11.9 Å². The molecule has 0 amide bonds. The number of alkyl halides is 3. The fraction of sp³-hybridized carbons (Fsp3) is 0.474. The molecule has 2 aliphatic rings. The van der Waals surface area contributed by atoms with Crippen LogP contribution in [0.1, 0.15) is 36.5 Å². The van der Waals surface area contributed by atoms with Crippen LogP contribution in [0.2, 0.25) is 0 Å². The van der Waals surface area contributed by atoms with Crippen molar-refractivity contribution in [2.45, 2.75) is 50.6 Å². The van der Waals surface area contributed by atoms with Gasteiger partial charge in [-0.05, 0) is 44.4 Å². The monoisotopic (exact) mass is 395 g/mol. The Morgan fingerprint density at radius 1 is 1.21 bits per heavy atom. The number of halogens is 3. The SMILES string of the molecule is C[C@]1(O)C[C@@H](Nc2nnc(-c3ccc(C(F)(F)F)cc3O)c3c2CCOC3)C1. The van der Waals surface area contributed by atoms with E-state index in [4.69, 9.17) is 4.74 Å². The molecule has 1 aliphatic heterocycles. The number of hydrogen-bond acceptors (Lipinski definition) is 6. The highest BCUT2D eigenvalue weighted by Gasteiger charge is 2.39. The fourth-order valence-electron chi connectivity index (χ4n) is 3.82. The molecule has 0 radical (unpaired) electrons. The van der Waals surface area contributed by atoms with E-state index >= 15 is 0 Å². The number of phenols is 1. The van der Waals surface area contributed by atoms with Gasteiger partial charge in [0.05, 0.1) is 24.4 Å². The topological polar surface area (TPSA) is 87.5 Å². The Balaban J connectivity index is 1.69. The maximum absolute atomic E-state index is 12.9. The zero-order chi connectivity index (χ0) is 20.1. The minimum absolute atomic E-state index is 0.0848. The normalized spacial score (nSPS) is 24.4. The zero-order valence-electron chi connectivity index (χ0n) is 15.2. The van der Waals surface area contributed by atoms with Crippen LogP contribution in [0, 0.1) is 0 Å². The molecule has 0 saturated heterocycles. The van der Waals surface area contributed by atoms with Gasteiger partial charge in [0, 0.05) is 22.7 Å². The second-order valence-electron chi connectivity index (χ2n) is 7.63. The minimum Gasteiger partial charge on any atom is -0.507 e. The highest BCUT2D eigenvalue weighted by molar-refractivity contribution is 5.73. The van der Waals surface area contributed by atoms with Crippen molar-refractivity contribution in [1.82, 2.24) is 10.2 Å². The maximum atomic E-state index is 12.9. The van der Waals surface area contributed by atoms with E-state index in [1.54, 1.807) is 6.92 Å². The van der Waals surface area contributed by atoms with Gasteiger partial charge >= 0.3 is 6.18 Å². The first-order valence-electron chi connectivity index (χ1n) is 9.00. The molecule has 0 atom stereocenters. The van der Waals surface area contributed by atoms with Crippen molar-refractivity contribution in [3.05, 3.63) is 34.9 Å². The van der Waals surface area contributed by atoms with E-state index in [1.807, 2.05) is 0 Å². The van der Waals surface area contributed by atoms with Gasteiger partial charge in [-0.2, -0.15) is 13.2 Å². The number of nitrogens with one attached hydrogen (secondary N) is 1. The van der Waals surface area contributed by atoms with Crippen LogP contribution in [-0.4, -0.2) is 38.7 Å². The number of hydrogen-bond donors (Lipinski definition) is 3. The lowest BCUT2D eigenvalue weighted by atomic mass is 9.77. The number of aromatic hydroxyl groups is 1. The van der Waals surface area contributed by atoms with Crippen LogP contribution < -0.4 is 5.32 Å². The summed E-state index contributed by atoms with van der Waals surface area (Å²) in [7, 11) is 0. The van der Waals surface area contributed by atoms with Crippen LogP contribution in [-0.2, 0) is 23.9 Å². The molecular formula is C19H20F3N3O3. The van der Waals surface area contributed by atoms with E-state index in [1.165, 1.54) is 6.07 Å². The fourth-order valence-corrected chi connectivity index (χ4v) is 3.82. The predicted octanol–water partition coefficient (Wildman–Crippen LogP) is 3.27. The summed E-state index contributed by atoms with van der Waals surface area (Å²) in [5, 5.41) is 31.7. The van der Waals surface area contributed by atoms with Gasteiger partial charge in [-0.3, -0.25) is 0 Å². The van der Waals surface area contributed by atoms with E-state index < -0.39 is 23.1 Å². The zero-order valence-corrected chi connectivity index (χ0v) is 15.2. The number of nitrogens with zero attached hydrogens (tertiary/aromatic N) is 2. The molecule has 1 fully saturated rings. The number of rotatable bonds is 3. The summed E-state index contributed by atoms with van der Waals surface area (Å²) in [4.78, 5) is 0. The lowest BCUT2D eigenvalue weighted by Crippen LogP contribution is -2.48. The molecule has 150 valence electrons. The number of phenolic OH excluding ortho intramolecular Hbond substituents is 1. The number of fused-ring (bicyclic) bond motifs is 1. The van der Waals surface area contributed by atoms with Crippen molar-refractivity contribution < 1.29 is 28.1 Å². The molecule has 4 rings (SSSR count). The third kappa shape index (κ3) is 3.51. The molecular weight excluding hydrogens is 375 g/mol. The van der Waals surface area contributed by atoms with Crippen LogP contribution in [0.15, 0.2) is 18.2 Å². The lowest BCUT2D eigenvalue weighted by Gasteiger charge is -2.41. The molecule has 9 heteroatoms. The van der Waals surface area contributed by atoms with Crippen LogP contribution >= 0.6 is 0 Å². The molecule has 2 aromatic rings. The number of aliphatic hydroxyl groups is 1. The Hall–Kier alpha value is -2.39. The molecule has 3 N–H and O–H groups in total. The quantitative estimate of drug-likeness (QED) is 0.740. The Bertz CT molecular complexity index is 907. The van der Waals surface area contributed by atoms with E-state index in [2.05, 4.69) is 15.5 Å². The summed E-state index contributed by atoms with van der Waals surface area (Å²) in [6, 6.07) is 2.89. The third-order valence-corrected chi connectivity index (χ3v) is 5.22. The highest BCUT2D eigenvalue weighted by Crippen LogP contribution is 2.40. The third-order valence-electron chi connectivity index (χ3n) is 5.22. The van der Waals surface area contributed by atoms with Gasteiger partial charge in [0.25, 0.3) is 0 Å². The van der Waals surface area contributed by atoms with Crippen molar-refractivity contribution in [3.63, 3.8) is 0 Å². The van der Waals surface area contributed by atoms with E-state index in [9.17, 15) is 23.4 Å². The first-order chi connectivity index (χ1) is 13.1. The Morgan fingerprint density at radius 3 is 2.61 bits per heavy atom. The maximum Gasteiger partial charge on any atom is 0.416 e. The van der Waals surface area contributed by atoms with E-state index in [0.717, 1.165) is 11.6 Å². The molecule has 1 aromatic heterocycles. The van der Waals surface area contributed by atoms with Crippen LogP contribution in [0.25, 0.3) is 11.3 Å². The summed E-state index contributed by atoms with van der Waals surface area (Å²) in [5.41, 5.74) is 0.460. The predicted molar refractivity (Wildman–Crippen MR) is 94.8 cm³/mol. The lowest BCUT2D eigenvalue weighted by molar-refractivity contribution is -0.137. The molecule has 6 nitrogen and oxygen atoms in total.